The number of nitrogens with one attached hydrogen (secondary N) is 1. The number of rotatable bonds is 3. The number of halogens is 2. The summed E-state index contributed by atoms with van der Waals surface area (Å²) in [5.74, 6) is 0.663. The van der Waals surface area contributed by atoms with Crippen molar-refractivity contribution < 1.29 is 0 Å². The number of hydrogen-bond acceptors (Lipinski definition) is 1. The van der Waals surface area contributed by atoms with Crippen LogP contribution in [0.3, 0.4) is 0 Å². The van der Waals surface area contributed by atoms with Crippen molar-refractivity contribution >= 4 is 37.5 Å². The molecule has 13 heavy (non-hydrogen) atoms. The molecule has 0 aliphatic carbocycles. The van der Waals surface area contributed by atoms with Gasteiger partial charge in [0.25, 0.3) is 0 Å². The molecular formula is C10H13Br2N. The maximum absolute atomic E-state index is 3.50. The van der Waals surface area contributed by atoms with Gasteiger partial charge in [-0.3, -0.25) is 0 Å². The van der Waals surface area contributed by atoms with Crippen LogP contribution in [0.5, 0.6) is 0 Å². The standard InChI is InChI=1S/C10H13Br2N/c1-7(2)6-13-10-4-3-8(11)5-9(10)12/h3-5,7,13H,6H2,1-2H3. The molecule has 1 aromatic rings. The fourth-order valence-corrected chi connectivity index (χ4v) is 2.13. The molecule has 0 spiro atoms. The van der Waals surface area contributed by atoms with Crippen LogP contribution in [-0.4, -0.2) is 6.54 Å². The maximum Gasteiger partial charge on any atom is 0.0485 e. The highest BCUT2D eigenvalue weighted by atomic mass is 79.9. The average Bonchev–Trinajstić information content (AvgIpc) is 2.02. The quantitative estimate of drug-likeness (QED) is 0.879. The van der Waals surface area contributed by atoms with E-state index in [4.69, 9.17) is 0 Å². The first-order chi connectivity index (χ1) is 6.09. The molecule has 0 aromatic heterocycles. The zero-order valence-electron chi connectivity index (χ0n) is 7.77. The van der Waals surface area contributed by atoms with E-state index in [-0.39, 0.29) is 0 Å². The van der Waals surface area contributed by atoms with Gasteiger partial charge in [0.1, 0.15) is 0 Å². The van der Waals surface area contributed by atoms with Gasteiger partial charge in [-0.15, -0.1) is 0 Å². The smallest absolute Gasteiger partial charge is 0.0485 e. The van der Waals surface area contributed by atoms with E-state index in [1.165, 1.54) is 0 Å². The van der Waals surface area contributed by atoms with Crippen molar-refractivity contribution in [2.24, 2.45) is 5.92 Å². The minimum Gasteiger partial charge on any atom is -0.384 e. The molecule has 0 saturated carbocycles. The molecule has 1 N–H and O–H groups in total. The number of anilines is 1. The van der Waals surface area contributed by atoms with Crippen LogP contribution in [0.15, 0.2) is 27.1 Å². The summed E-state index contributed by atoms with van der Waals surface area (Å²) in [6.45, 7) is 5.39. The fraction of sp³-hybridized carbons (Fsp3) is 0.400. The van der Waals surface area contributed by atoms with E-state index >= 15 is 0 Å². The molecule has 0 aliphatic rings. The van der Waals surface area contributed by atoms with E-state index in [0.717, 1.165) is 21.2 Å². The highest BCUT2D eigenvalue weighted by Crippen LogP contribution is 2.26. The minimum absolute atomic E-state index is 0.663. The van der Waals surface area contributed by atoms with Crippen molar-refractivity contribution in [2.45, 2.75) is 13.8 Å². The molecule has 0 heterocycles. The van der Waals surface area contributed by atoms with Gasteiger partial charge in [-0.1, -0.05) is 29.8 Å². The van der Waals surface area contributed by atoms with Crippen molar-refractivity contribution in [1.82, 2.24) is 0 Å². The van der Waals surface area contributed by atoms with Crippen molar-refractivity contribution in [3.8, 4) is 0 Å². The van der Waals surface area contributed by atoms with Gasteiger partial charge in [-0.05, 0) is 40.0 Å². The minimum atomic E-state index is 0.663. The van der Waals surface area contributed by atoms with Crippen LogP contribution in [0, 0.1) is 5.92 Å². The second-order valence-electron chi connectivity index (χ2n) is 3.40. The molecule has 0 atom stereocenters. The molecule has 0 fully saturated rings. The summed E-state index contributed by atoms with van der Waals surface area (Å²) in [4.78, 5) is 0. The summed E-state index contributed by atoms with van der Waals surface area (Å²) in [5.41, 5.74) is 1.15. The summed E-state index contributed by atoms with van der Waals surface area (Å²) in [6.07, 6.45) is 0. The Morgan fingerprint density at radius 2 is 2.00 bits per heavy atom. The van der Waals surface area contributed by atoms with Crippen LogP contribution < -0.4 is 5.32 Å². The first-order valence-electron chi connectivity index (χ1n) is 4.28. The summed E-state index contributed by atoms with van der Waals surface area (Å²) in [6, 6.07) is 6.15. The second-order valence-corrected chi connectivity index (χ2v) is 5.17. The van der Waals surface area contributed by atoms with Crippen LogP contribution in [0.2, 0.25) is 0 Å². The Balaban J connectivity index is 2.67. The Labute approximate surface area is 96.2 Å². The van der Waals surface area contributed by atoms with Crippen LogP contribution >= 0.6 is 31.9 Å². The van der Waals surface area contributed by atoms with E-state index in [1.807, 2.05) is 12.1 Å². The van der Waals surface area contributed by atoms with Gasteiger partial charge in [0.2, 0.25) is 0 Å². The van der Waals surface area contributed by atoms with Crippen LogP contribution in [0.4, 0.5) is 5.69 Å². The number of benzene rings is 1. The summed E-state index contributed by atoms with van der Waals surface area (Å²) >= 11 is 6.92. The highest BCUT2D eigenvalue weighted by molar-refractivity contribution is 9.11. The van der Waals surface area contributed by atoms with Crippen molar-refractivity contribution in [2.75, 3.05) is 11.9 Å². The molecule has 0 unspecified atom stereocenters. The second kappa shape index (κ2) is 5.01. The SMILES string of the molecule is CC(C)CNc1ccc(Br)cc1Br. The van der Waals surface area contributed by atoms with Gasteiger partial charge in [0.05, 0.1) is 0 Å². The van der Waals surface area contributed by atoms with Crippen molar-refractivity contribution in [3.05, 3.63) is 27.1 Å². The topological polar surface area (TPSA) is 12.0 Å². The zero-order chi connectivity index (χ0) is 9.84. The van der Waals surface area contributed by atoms with E-state index in [0.29, 0.717) is 5.92 Å². The third-order valence-electron chi connectivity index (χ3n) is 1.63. The molecule has 0 bridgehead atoms. The first kappa shape index (κ1) is 11.1. The fourth-order valence-electron chi connectivity index (χ4n) is 0.947. The summed E-state index contributed by atoms with van der Waals surface area (Å²) in [5, 5.41) is 3.37. The maximum atomic E-state index is 3.50. The van der Waals surface area contributed by atoms with Crippen molar-refractivity contribution in [3.63, 3.8) is 0 Å². The van der Waals surface area contributed by atoms with Gasteiger partial charge in [-0.2, -0.15) is 0 Å². The van der Waals surface area contributed by atoms with Gasteiger partial charge in [0, 0.05) is 21.2 Å². The lowest BCUT2D eigenvalue weighted by molar-refractivity contribution is 0.688. The molecule has 1 aromatic carbocycles. The molecule has 72 valence electrons. The molecule has 0 radical (unpaired) electrons. The van der Waals surface area contributed by atoms with Gasteiger partial charge >= 0.3 is 0 Å². The summed E-state index contributed by atoms with van der Waals surface area (Å²) in [7, 11) is 0. The molecular weight excluding hydrogens is 294 g/mol. The van der Waals surface area contributed by atoms with Crippen LogP contribution in [0.25, 0.3) is 0 Å². The lowest BCUT2D eigenvalue weighted by Gasteiger charge is -2.10. The Morgan fingerprint density at radius 3 is 2.54 bits per heavy atom. The third-order valence-corrected chi connectivity index (χ3v) is 2.78. The largest absolute Gasteiger partial charge is 0.384 e. The van der Waals surface area contributed by atoms with Crippen LogP contribution in [-0.2, 0) is 0 Å². The zero-order valence-corrected chi connectivity index (χ0v) is 10.9. The predicted octanol–water partition coefficient (Wildman–Crippen LogP) is 4.28. The predicted molar refractivity (Wildman–Crippen MR) is 65.2 cm³/mol. The van der Waals surface area contributed by atoms with E-state index in [1.54, 1.807) is 0 Å². The molecule has 1 nitrogen and oxygen atoms in total. The summed E-state index contributed by atoms with van der Waals surface area (Å²) < 4.78 is 2.19. The Kier molecular flexibility index (Phi) is 4.26. The van der Waals surface area contributed by atoms with E-state index < -0.39 is 0 Å². The van der Waals surface area contributed by atoms with E-state index in [9.17, 15) is 0 Å². The van der Waals surface area contributed by atoms with Gasteiger partial charge < -0.3 is 5.32 Å². The monoisotopic (exact) mass is 305 g/mol. The van der Waals surface area contributed by atoms with Gasteiger partial charge in [-0.25, -0.2) is 0 Å². The average molecular weight is 307 g/mol. The van der Waals surface area contributed by atoms with E-state index in [2.05, 4.69) is 57.1 Å². The Bertz CT molecular complexity index is 284. The lowest BCUT2D eigenvalue weighted by Crippen LogP contribution is -2.08. The highest BCUT2D eigenvalue weighted by Gasteiger charge is 2.00. The lowest BCUT2D eigenvalue weighted by atomic mass is 10.2. The number of hydrogen-bond donors (Lipinski definition) is 1. The Morgan fingerprint density at radius 1 is 1.31 bits per heavy atom. The molecule has 0 aliphatic heterocycles. The first-order valence-corrected chi connectivity index (χ1v) is 5.87. The third kappa shape index (κ3) is 3.69. The Hall–Kier alpha value is -0.0200. The molecule has 3 heteroatoms. The van der Waals surface area contributed by atoms with Crippen LogP contribution in [0.1, 0.15) is 13.8 Å². The van der Waals surface area contributed by atoms with Gasteiger partial charge in [0.15, 0.2) is 0 Å². The van der Waals surface area contributed by atoms with Crippen molar-refractivity contribution in [1.29, 1.82) is 0 Å². The molecule has 0 amide bonds. The normalized spacial score (nSPS) is 10.5. The molecule has 1 rings (SSSR count). The molecule has 0 saturated heterocycles.